The van der Waals surface area contributed by atoms with Gasteiger partial charge in [-0.2, -0.15) is 0 Å². The van der Waals surface area contributed by atoms with Crippen molar-refractivity contribution in [2.45, 2.75) is 0 Å². The van der Waals surface area contributed by atoms with E-state index < -0.39 is 23.4 Å². The average molecular weight is 1570 g/mol. The maximum atomic E-state index is 9.87. The predicted octanol–water partition coefficient (Wildman–Crippen LogP) is 17.7. The van der Waals surface area contributed by atoms with Crippen LogP contribution in [0.4, 0.5) is 75.5 Å². The van der Waals surface area contributed by atoms with Gasteiger partial charge in [0.15, 0.2) is 0 Å². The van der Waals surface area contributed by atoms with E-state index in [9.17, 15) is 75.5 Å². The molecule has 106 heavy (non-hydrogen) atoms. The van der Waals surface area contributed by atoms with Gasteiger partial charge >= 0.3 is 116 Å². The first-order valence-corrected chi connectivity index (χ1v) is 34.2. The van der Waals surface area contributed by atoms with Crippen LogP contribution in [0.3, 0.4) is 0 Å². The van der Waals surface area contributed by atoms with Crippen molar-refractivity contribution in [3.8, 4) is 105 Å². The average Bonchev–Trinajstić information content (AvgIpc) is 0.798. The van der Waals surface area contributed by atoms with Crippen LogP contribution in [0.25, 0.3) is 34.2 Å². The standard InChI is InChI=1S/3C22H12N6.3F6P.Fe/c3*1(3-19-7-9-23-15-27-19)17-5-11-25-21(13-17)22-14-18(6-12-26-22)2-4-20-8-10-24-16-28-20;3*1-7(2,3,4,5)6;/h3*5-16H;;;;/q;;;3*-1;+3. The fourth-order valence-corrected chi connectivity index (χ4v) is 6.90. The van der Waals surface area contributed by atoms with E-state index in [1.165, 1.54) is 38.0 Å². The molecule has 12 aromatic rings. The number of nitrogens with zero attached hydrogens (tertiary/aromatic N) is 18. The molecule has 539 valence electrons. The zero-order valence-electron chi connectivity index (χ0n) is 52.3. The summed E-state index contributed by atoms with van der Waals surface area (Å²) in [6, 6.07) is 32.9. The Morgan fingerprint density at radius 2 is 0.311 bits per heavy atom. The summed E-state index contributed by atoms with van der Waals surface area (Å²) < 4.78 is 178. The van der Waals surface area contributed by atoms with Gasteiger partial charge in [-0.05, 0) is 145 Å². The van der Waals surface area contributed by atoms with Crippen LogP contribution >= 0.6 is 23.4 Å². The van der Waals surface area contributed by atoms with E-state index in [4.69, 9.17) is 0 Å². The summed E-state index contributed by atoms with van der Waals surface area (Å²) in [7, 11) is -32.0. The van der Waals surface area contributed by atoms with Gasteiger partial charge in [-0.3, -0.25) is 29.9 Å². The molecule has 0 atom stereocenters. The summed E-state index contributed by atoms with van der Waals surface area (Å²) in [5.74, 6) is 36.5. The first kappa shape index (κ1) is 82.2. The molecular weight excluding hydrogens is 1540 g/mol. The summed E-state index contributed by atoms with van der Waals surface area (Å²) in [5, 5.41) is 0. The molecule has 40 heteroatoms. The Morgan fingerprint density at radius 1 is 0.179 bits per heavy atom. The second-order valence-electron chi connectivity index (χ2n) is 19.5. The summed E-state index contributed by atoms with van der Waals surface area (Å²) in [4.78, 5) is 74.3. The fraction of sp³-hybridized carbons (Fsp3) is 0. The minimum Gasteiger partial charge on any atom is 3.00 e. The van der Waals surface area contributed by atoms with Gasteiger partial charge in [0.1, 0.15) is 72.1 Å². The van der Waals surface area contributed by atoms with Gasteiger partial charge in [0.2, 0.25) is 0 Å². The Hall–Kier alpha value is -12.7. The van der Waals surface area contributed by atoms with E-state index in [1.807, 2.05) is 72.8 Å². The van der Waals surface area contributed by atoms with Crippen LogP contribution in [-0.2, 0) is 17.1 Å². The van der Waals surface area contributed by atoms with Crippen molar-refractivity contribution >= 4 is 23.4 Å². The summed E-state index contributed by atoms with van der Waals surface area (Å²) >= 11 is 0. The number of halogens is 18. The Morgan fingerprint density at radius 3 is 0.425 bits per heavy atom. The maximum Gasteiger partial charge on any atom is 3.00 e. The fourth-order valence-electron chi connectivity index (χ4n) is 6.90. The number of hydrogen-bond donors (Lipinski definition) is 0. The second kappa shape index (κ2) is 33.2. The predicted molar refractivity (Wildman–Crippen MR) is 351 cm³/mol. The van der Waals surface area contributed by atoms with Crippen LogP contribution in [0.1, 0.15) is 67.5 Å². The van der Waals surface area contributed by atoms with E-state index in [0.29, 0.717) is 34.2 Å². The van der Waals surface area contributed by atoms with Gasteiger partial charge < -0.3 is 0 Å². The molecule has 0 unspecified atom stereocenters. The molecule has 0 fully saturated rings. The van der Waals surface area contributed by atoms with Crippen molar-refractivity contribution in [2.75, 3.05) is 0 Å². The molecule has 0 amide bonds. The maximum absolute atomic E-state index is 10.7. The quantitative estimate of drug-likeness (QED) is 0.0692. The molecular formula is C66H36F18FeN18P3. The number of rotatable bonds is 3. The van der Waals surface area contributed by atoms with Gasteiger partial charge in [0.25, 0.3) is 0 Å². The van der Waals surface area contributed by atoms with Crippen molar-refractivity contribution in [1.82, 2.24) is 89.7 Å². The summed E-state index contributed by atoms with van der Waals surface area (Å²) in [6.45, 7) is 0. The molecule has 0 aromatic carbocycles. The molecule has 18 nitrogen and oxygen atoms in total. The Labute approximate surface area is 597 Å². The zero-order valence-corrected chi connectivity index (χ0v) is 56.1. The molecule has 0 saturated heterocycles. The van der Waals surface area contributed by atoms with Crippen molar-refractivity contribution in [3.05, 3.63) is 289 Å². The van der Waals surface area contributed by atoms with E-state index >= 15 is 0 Å². The Bertz CT molecular complexity index is 4550. The van der Waals surface area contributed by atoms with Crippen molar-refractivity contribution < 1.29 is 92.6 Å². The third-order valence-electron chi connectivity index (χ3n) is 10.8. The summed E-state index contributed by atoms with van der Waals surface area (Å²) in [6.07, 6.45) is 29.0. The van der Waals surface area contributed by atoms with E-state index in [1.54, 1.807) is 111 Å². The molecule has 0 aliphatic rings. The molecule has 0 saturated carbocycles. The van der Waals surface area contributed by atoms with Crippen LogP contribution in [0, 0.1) is 71.0 Å². The van der Waals surface area contributed by atoms with Crippen LogP contribution in [0.5, 0.6) is 0 Å². The number of pyridine rings is 6. The van der Waals surface area contributed by atoms with Crippen LogP contribution < -0.4 is 0 Å². The first-order chi connectivity index (χ1) is 48.9. The van der Waals surface area contributed by atoms with Gasteiger partial charge in [0, 0.05) is 108 Å². The molecule has 0 aliphatic carbocycles. The number of aromatic nitrogens is 18. The molecule has 12 rings (SSSR count). The minimum absolute atomic E-state index is 0. The normalized spacial score (nSPS) is 12.2. The van der Waals surface area contributed by atoms with E-state index in [-0.39, 0.29) is 17.1 Å². The van der Waals surface area contributed by atoms with Gasteiger partial charge in [0.05, 0.1) is 34.2 Å². The van der Waals surface area contributed by atoms with Gasteiger partial charge in [-0.15, -0.1) is 0 Å². The molecule has 0 N–H and O–H groups in total. The molecule has 0 spiro atoms. The molecule has 0 bridgehead atoms. The first-order valence-electron chi connectivity index (χ1n) is 28.1. The van der Waals surface area contributed by atoms with Crippen molar-refractivity contribution in [1.29, 1.82) is 0 Å². The van der Waals surface area contributed by atoms with E-state index in [2.05, 4.69) is 161 Å². The topological polar surface area (TPSA) is 232 Å². The molecule has 0 aliphatic heterocycles. The largest absolute Gasteiger partial charge is 3.00 e. The third kappa shape index (κ3) is 39.5. The van der Waals surface area contributed by atoms with Gasteiger partial charge in [-0.1, -0.05) is 35.5 Å². The van der Waals surface area contributed by atoms with Crippen molar-refractivity contribution in [3.63, 3.8) is 0 Å². The van der Waals surface area contributed by atoms with Gasteiger partial charge in [-0.25, -0.2) is 59.8 Å². The van der Waals surface area contributed by atoms with Crippen LogP contribution in [-0.4, -0.2) is 89.7 Å². The SMILES string of the molecule is C(#Cc1ccncn1)c1ccnc(-c2cc(C#Cc3ccncn3)ccn2)c1.C(#Cc1ccncn1)c1ccnc(-c2cc(C#Cc3ccncn3)ccn2)c1.C(#Cc1ccncn1)c1ccnc(-c2cc(C#Cc3ccncn3)ccn2)c1.F[P-](F)(F)(F)(F)F.F[P-](F)(F)(F)(F)F.F[P-](F)(F)(F)(F)F.[Fe+3]. The second-order valence-corrected chi connectivity index (χ2v) is 25.3. The Kier molecular flexibility index (Phi) is 25.7. The van der Waals surface area contributed by atoms with Crippen molar-refractivity contribution in [2.24, 2.45) is 0 Å². The third-order valence-corrected chi connectivity index (χ3v) is 10.8. The molecule has 12 heterocycles. The molecule has 1 radical (unpaired) electrons. The van der Waals surface area contributed by atoms with E-state index in [0.717, 1.165) is 67.5 Å². The summed E-state index contributed by atoms with van der Waals surface area (Å²) in [5.41, 5.74) is 13.2. The van der Waals surface area contributed by atoms with Crippen LogP contribution in [0.15, 0.2) is 222 Å². The monoisotopic (exact) mass is 1570 g/mol. The smallest absolute Gasteiger partial charge is 3.00 e. The minimum atomic E-state index is -10.7. The zero-order chi connectivity index (χ0) is 76.3. The van der Waals surface area contributed by atoms with Crippen LogP contribution in [0.2, 0.25) is 0 Å². The molecule has 12 aromatic heterocycles. The Balaban J connectivity index is 0.000000218. The number of hydrogen-bond acceptors (Lipinski definition) is 18.